The number of aliphatic hydroxyl groups is 1. The van der Waals surface area contributed by atoms with Gasteiger partial charge in [0.2, 0.25) is 0 Å². The van der Waals surface area contributed by atoms with E-state index in [9.17, 15) is 9.90 Å². The standard InChI is InChI=1S/C26H34O3.C5H6/c1-25-13-12-18(27)14-17(25)6-9-20-22-10-11-23(28)26(22,2)15-21(24(20)25)16-4-7-19(29-3)8-5-16;1-2-5-3-4-5/h4-5,7-8,14,20-24,28H,6,9-13,15H2,1-3H3;1,5H,3-4H2. The summed E-state index contributed by atoms with van der Waals surface area (Å²) >= 11 is 0. The molecule has 3 heteroatoms. The summed E-state index contributed by atoms with van der Waals surface area (Å²) in [5.41, 5.74) is 2.89. The number of methoxy groups -OCH3 is 1. The Morgan fingerprint density at radius 2 is 1.79 bits per heavy atom. The summed E-state index contributed by atoms with van der Waals surface area (Å²) in [7, 11) is 1.71. The van der Waals surface area contributed by atoms with E-state index in [1.165, 1.54) is 30.4 Å². The van der Waals surface area contributed by atoms with Gasteiger partial charge in [-0.25, -0.2) is 0 Å². The van der Waals surface area contributed by atoms with Crippen molar-refractivity contribution in [2.75, 3.05) is 7.11 Å². The Morgan fingerprint density at radius 3 is 2.41 bits per heavy atom. The number of ether oxygens (including phenoxy) is 1. The first-order valence-corrected chi connectivity index (χ1v) is 13.3. The van der Waals surface area contributed by atoms with E-state index in [4.69, 9.17) is 11.2 Å². The topological polar surface area (TPSA) is 46.5 Å². The molecule has 182 valence electrons. The first kappa shape index (κ1) is 23.7. The first-order valence-electron chi connectivity index (χ1n) is 13.3. The van der Waals surface area contributed by atoms with E-state index < -0.39 is 0 Å². The molecule has 7 unspecified atom stereocenters. The van der Waals surface area contributed by atoms with Crippen molar-refractivity contribution in [1.82, 2.24) is 0 Å². The minimum atomic E-state index is -0.188. The third-order valence-corrected chi connectivity index (χ3v) is 10.2. The van der Waals surface area contributed by atoms with Gasteiger partial charge in [-0.2, -0.15) is 0 Å². The van der Waals surface area contributed by atoms with Gasteiger partial charge in [-0.3, -0.25) is 4.79 Å². The maximum absolute atomic E-state index is 12.2. The summed E-state index contributed by atoms with van der Waals surface area (Å²) in [5.74, 6) is 6.71. The monoisotopic (exact) mass is 460 g/mol. The van der Waals surface area contributed by atoms with Crippen molar-refractivity contribution >= 4 is 5.78 Å². The van der Waals surface area contributed by atoms with Gasteiger partial charge >= 0.3 is 0 Å². The second-order valence-corrected chi connectivity index (χ2v) is 12.0. The van der Waals surface area contributed by atoms with E-state index >= 15 is 0 Å². The van der Waals surface area contributed by atoms with Gasteiger partial charge < -0.3 is 9.84 Å². The average Bonchev–Trinajstić information content (AvgIpc) is 3.64. The van der Waals surface area contributed by atoms with Crippen molar-refractivity contribution in [2.24, 2.45) is 34.5 Å². The number of terminal acetylenes is 1. The molecule has 4 fully saturated rings. The van der Waals surface area contributed by atoms with Gasteiger partial charge in [-0.1, -0.05) is 31.6 Å². The molecule has 0 aliphatic heterocycles. The average molecular weight is 461 g/mol. The summed E-state index contributed by atoms with van der Waals surface area (Å²) < 4.78 is 5.40. The minimum absolute atomic E-state index is 0.00776. The van der Waals surface area contributed by atoms with Crippen LogP contribution in [0.15, 0.2) is 35.9 Å². The van der Waals surface area contributed by atoms with Crippen LogP contribution in [0.3, 0.4) is 0 Å². The number of carbonyl (C=O) groups excluding carboxylic acids is 1. The fourth-order valence-corrected chi connectivity index (χ4v) is 8.14. The quantitative estimate of drug-likeness (QED) is 0.526. The number of allylic oxidation sites excluding steroid dienone is 1. The third kappa shape index (κ3) is 3.93. The number of aliphatic hydroxyl groups excluding tert-OH is 1. The Labute approximate surface area is 205 Å². The van der Waals surface area contributed by atoms with E-state index in [2.05, 4.69) is 44.0 Å². The highest BCUT2D eigenvalue weighted by molar-refractivity contribution is 5.91. The van der Waals surface area contributed by atoms with Crippen molar-refractivity contribution < 1.29 is 14.6 Å². The smallest absolute Gasteiger partial charge is 0.155 e. The van der Waals surface area contributed by atoms with Crippen LogP contribution in [0, 0.1) is 46.8 Å². The van der Waals surface area contributed by atoms with E-state index in [1.807, 2.05) is 6.08 Å². The molecule has 7 atom stereocenters. The second-order valence-electron chi connectivity index (χ2n) is 12.0. The Balaban J connectivity index is 0.000000429. The molecule has 4 saturated carbocycles. The van der Waals surface area contributed by atoms with Crippen molar-refractivity contribution in [3.05, 3.63) is 41.5 Å². The summed E-state index contributed by atoms with van der Waals surface area (Å²) in [6.45, 7) is 4.78. The first-order chi connectivity index (χ1) is 16.3. The predicted molar refractivity (Wildman–Crippen MR) is 135 cm³/mol. The molecule has 3 nitrogen and oxygen atoms in total. The van der Waals surface area contributed by atoms with Crippen molar-refractivity contribution in [1.29, 1.82) is 0 Å². The molecule has 0 bridgehead atoms. The zero-order valence-electron chi connectivity index (χ0n) is 21.1. The van der Waals surface area contributed by atoms with Gasteiger partial charge in [0, 0.05) is 12.3 Å². The maximum atomic E-state index is 12.2. The highest BCUT2D eigenvalue weighted by Crippen LogP contribution is 2.68. The van der Waals surface area contributed by atoms with Crippen LogP contribution in [0.5, 0.6) is 5.75 Å². The predicted octanol–water partition coefficient (Wildman–Crippen LogP) is 6.31. The lowest BCUT2D eigenvalue weighted by Crippen LogP contribution is -2.54. The van der Waals surface area contributed by atoms with Crippen LogP contribution in [-0.2, 0) is 4.79 Å². The lowest BCUT2D eigenvalue weighted by molar-refractivity contribution is -0.118. The van der Waals surface area contributed by atoms with Gasteiger partial charge in [0.05, 0.1) is 13.2 Å². The van der Waals surface area contributed by atoms with Crippen LogP contribution in [-0.4, -0.2) is 24.1 Å². The van der Waals surface area contributed by atoms with Crippen LogP contribution < -0.4 is 4.74 Å². The molecule has 5 aliphatic rings. The molecule has 0 saturated heterocycles. The van der Waals surface area contributed by atoms with Crippen molar-refractivity contribution in [2.45, 2.75) is 83.7 Å². The fourth-order valence-electron chi connectivity index (χ4n) is 8.14. The van der Waals surface area contributed by atoms with E-state index in [-0.39, 0.29) is 16.9 Å². The highest BCUT2D eigenvalue weighted by atomic mass is 16.5. The number of hydrogen-bond donors (Lipinski definition) is 1. The second kappa shape index (κ2) is 8.87. The number of hydrogen-bond acceptors (Lipinski definition) is 3. The summed E-state index contributed by atoms with van der Waals surface area (Å²) in [5, 5.41) is 11.0. The van der Waals surface area contributed by atoms with Crippen LogP contribution in [0.1, 0.15) is 83.1 Å². The fraction of sp³-hybridized carbons (Fsp3) is 0.645. The van der Waals surface area contributed by atoms with Gasteiger partial charge in [-0.05, 0) is 110 Å². The molecule has 5 aliphatic carbocycles. The molecule has 0 aromatic heterocycles. The van der Waals surface area contributed by atoms with E-state index in [0.29, 0.717) is 41.8 Å². The Bertz CT molecular complexity index is 996. The summed E-state index contributed by atoms with van der Waals surface area (Å²) in [6, 6.07) is 8.63. The molecule has 1 aromatic carbocycles. The Morgan fingerprint density at radius 1 is 1.06 bits per heavy atom. The molecule has 6 rings (SSSR count). The van der Waals surface area contributed by atoms with Gasteiger partial charge in [0.1, 0.15) is 5.75 Å². The van der Waals surface area contributed by atoms with Crippen LogP contribution >= 0.6 is 0 Å². The van der Waals surface area contributed by atoms with Crippen LogP contribution in [0.25, 0.3) is 0 Å². The maximum Gasteiger partial charge on any atom is 0.155 e. The molecule has 1 aromatic rings. The molecule has 0 radical (unpaired) electrons. The zero-order valence-corrected chi connectivity index (χ0v) is 21.1. The number of fused-ring (bicyclic) bond motifs is 5. The highest BCUT2D eigenvalue weighted by Gasteiger charge is 2.62. The zero-order chi connectivity index (χ0) is 24.1. The van der Waals surface area contributed by atoms with Gasteiger partial charge in [-0.15, -0.1) is 12.3 Å². The summed E-state index contributed by atoms with van der Waals surface area (Å²) in [4.78, 5) is 12.2. The number of carbonyl (C=O) groups is 1. The molecular weight excluding hydrogens is 420 g/mol. The van der Waals surface area contributed by atoms with Crippen LogP contribution in [0.2, 0.25) is 0 Å². The normalized spacial score (nSPS) is 40.5. The van der Waals surface area contributed by atoms with Crippen molar-refractivity contribution in [3.8, 4) is 18.1 Å². The molecule has 0 amide bonds. The third-order valence-electron chi connectivity index (χ3n) is 10.2. The Kier molecular flexibility index (Phi) is 6.18. The summed E-state index contributed by atoms with van der Waals surface area (Å²) in [6.07, 6.45) is 16.4. The van der Waals surface area contributed by atoms with Crippen LogP contribution in [0.4, 0.5) is 0 Å². The molecule has 0 heterocycles. The lowest BCUT2D eigenvalue weighted by Gasteiger charge is -2.61. The Hall–Kier alpha value is -2.05. The molecule has 1 N–H and O–H groups in total. The van der Waals surface area contributed by atoms with Gasteiger partial charge in [0.15, 0.2) is 5.78 Å². The molecular formula is C31H40O3. The minimum Gasteiger partial charge on any atom is -0.497 e. The number of ketones is 1. The van der Waals surface area contributed by atoms with Crippen molar-refractivity contribution in [3.63, 3.8) is 0 Å². The van der Waals surface area contributed by atoms with E-state index in [0.717, 1.165) is 37.9 Å². The number of benzene rings is 1. The van der Waals surface area contributed by atoms with E-state index in [1.54, 1.807) is 7.11 Å². The molecule has 0 spiro atoms. The van der Waals surface area contributed by atoms with Gasteiger partial charge in [0.25, 0.3) is 0 Å². The lowest BCUT2D eigenvalue weighted by atomic mass is 9.44. The largest absolute Gasteiger partial charge is 0.497 e. The molecule has 34 heavy (non-hydrogen) atoms. The number of rotatable bonds is 2. The SMILES string of the molecule is C#CC1CC1.COc1ccc(C2CC3(C)C(O)CCC3C3CCC4=CC(=O)CCC4(C)C23)cc1.